The number of carbonyl (C=O) groups is 3. The molecule has 0 radical (unpaired) electrons. The number of hydrogen-bond acceptors (Lipinski definition) is 6. The molecule has 1 amide bonds. The van der Waals surface area contributed by atoms with Crippen molar-refractivity contribution in [3.63, 3.8) is 0 Å². The van der Waals surface area contributed by atoms with E-state index in [0.29, 0.717) is 10.5 Å². The van der Waals surface area contributed by atoms with Gasteiger partial charge in [0.15, 0.2) is 6.61 Å². The molecule has 0 bridgehead atoms. The van der Waals surface area contributed by atoms with Crippen molar-refractivity contribution >= 4 is 40.8 Å². The van der Waals surface area contributed by atoms with Crippen molar-refractivity contribution in [2.45, 2.75) is 24.8 Å². The number of ether oxygens (including phenoxy) is 1. The molecule has 0 aliphatic heterocycles. The minimum Gasteiger partial charge on any atom is -0.452 e. The fraction of sp³-hybridized carbons (Fsp3) is 0.278. The van der Waals surface area contributed by atoms with Gasteiger partial charge in [0.2, 0.25) is 0 Å². The zero-order valence-electron chi connectivity index (χ0n) is 14.0. The van der Waals surface area contributed by atoms with Gasteiger partial charge in [0.1, 0.15) is 5.78 Å². The Balaban J connectivity index is 1.89. The second kappa shape index (κ2) is 9.39. The second-order valence-electron chi connectivity index (χ2n) is 5.37. The van der Waals surface area contributed by atoms with Gasteiger partial charge in [-0.3, -0.25) is 9.59 Å². The highest BCUT2D eigenvalue weighted by molar-refractivity contribution is 8.00. The summed E-state index contributed by atoms with van der Waals surface area (Å²) in [6.45, 7) is 3.02. The summed E-state index contributed by atoms with van der Waals surface area (Å²) in [5, 5.41) is 4.73. The van der Waals surface area contributed by atoms with E-state index in [-0.39, 0.29) is 30.1 Å². The van der Waals surface area contributed by atoms with Crippen LogP contribution in [0, 0.1) is 0 Å². The lowest BCUT2D eigenvalue weighted by Gasteiger charge is -2.13. The van der Waals surface area contributed by atoms with Crippen molar-refractivity contribution in [3.05, 3.63) is 52.2 Å². The number of hydrogen-bond donors (Lipinski definition) is 1. The molecule has 132 valence electrons. The van der Waals surface area contributed by atoms with Crippen molar-refractivity contribution in [3.8, 4) is 0 Å². The van der Waals surface area contributed by atoms with Crippen molar-refractivity contribution in [1.82, 2.24) is 5.32 Å². The van der Waals surface area contributed by atoms with Gasteiger partial charge in [0.05, 0.1) is 17.4 Å². The van der Waals surface area contributed by atoms with Crippen LogP contribution in [0.1, 0.15) is 35.1 Å². The summed E-state index contributed by atoms with van der Waals surface area (Å²) in [6, 6.07) is 10.6. The first-order chi connectivity index (χ1) is 12.0. The van der Waals surface area contributed by atoms with Gasteiger partial charge >= 0.3 is 5.97 Å². The molecule has 0 aliphatic rings. The highest BCUT2D eigenvalue weighted by Gasteiger charge is 2.16. The first-order valence-electron chi connectivity index (χ1n) is 7.68. The topological polar surface area (TPSA) is 72.5 Å². The average molecular weight is 377 g/mol. The van der Waals surface area contributed by atoms with E-state index in [1.54, 1.807) is 35.6 Å². The largest absolute Gasteiger partial charge is 0.452 e. The predicted molar refractivity (Wildman–Crippen MR) is 99.0 cm³/mol. The molecule has 25 heavy (non-hydrogen) atoms. The molecule has 0 fully saturated rings. The Bertz CT molecular complexity index is 743. The van der Waals surface area contributed by atoms with Crippen LogP contribution in [-0.2, 0) is 14.3 Å². The van der Waals surface area contributed by atoms with Crippen molar-refractivity contribution in [2.75, 3.05) is 12.4 Å². The second-order valence-corrected chi connectivity index (χ2v) is 7.36. The van der Waals surface area contributed by atoms with Crippen LogP contribution in [-0.4, -0.2) is 30.0 Å². The van der Waals surface area contributed by atoms with Crippen molar-refractivity contribution < 1.29 is 19.1 Å². The minimum absolute atomic E-state index is 0.0233. The molecule has 2 rings (SSSR count). The quantitative estimate of drug-likeness (QED) is 0.563. The third-order valence-electron chi connectivity index (χ3n) is 3.22. The van der Waals surface area contributed by atoms with Gasteiger partial charge in [-0.05, 0) is 37.4 Å². The van der Waals surface area contributed by atoms with Crippen LogP contribution in [0.4, 0.5) is 0 Å². The lowest BCUT2D eigenvalue weighted by Crippen LogP contribution is -2.30. The van der Waals surface area contributed by atoms with Gasteiger partial charge in [0.25, 0.3) is 5.91 Å². The summed E-state index contributed by atoms with van der Waals surface area (Å²) in [6.07, 6.45) is 0. The number of nitrogens with one attached hydrogen (secondary N) is 1. The number of benzene rings is 1. The van der Waals surface area contributed by atoms with Crippen LogP contribution in [0.2, 0.25) is 0 Å². The number of Topliss-reactive ketones (excluding diaryl/α,β-unsaturated/α-hetero) is 1. The Morgan fingerprint density at radius 2 is 1.96 bits per heavy atom. The Hall–Kier alpha value is -2.12. The molecule has 5 nitrogen and oxygen atoms in total. The molecule has 0 saturated heterocycles. The number of thiophene rings is 1. The van der Waals surface area contributed by atoms with Gasteiger partial charge in [-0.2, -0.15) is 0 Å². The minimum atomic E-state index is -0.578. The SMILES string of the molecule is CC(=O)CSc1ccccc1C(=O)OCC(=O)N[C@H](C)c1cccs1. The number of rotatable bonds is 8. The van der Waals surface area contributed by atoms with Crippen LogP contribution in [0.3, 0.4) is 0 Å². The fourth-order valence-electron chi connectivity index (χ4n) is 2.04. The molecule has 1 aromatic heterocycles. The van der Waals surface area contributed by atoms with E-state index < -0.39 is 5.97 Å². The first-order valence-corrected chi connectivity index (χ1v) is 9.55. The van der Waals surface area contributed by atoms with Gasteiger partial charge in [-0.25, -0.2) is 4.79 Å². The van der Waals surface area contributed by atoms with Crippen molar-refractivity contribution in [1.29, 1.82) is 0 Å². The Kier molecular flexibility index (Phi) is 7.21. The number of esters is 1. The van der Waals surface area contributed by atoms with E-state index in [2.05, 4.69) is 5.32 Å². The van der Waals surface area contributed by atoms with Crippen LogP contribution in [0.25, 0.3) is 0 Å². The van der Waals surface area contributed by atoms with E-state index in [4.69, 9.17) is 4.74 Å². The normalized spacial score (nSPS) is 11.6. The fourth-order valence-corrected chi connectivity index (χ4v) is 3.62. The van der Waals surface area contributed by atoms with Crippen LogP contribution >= 0.6 is 23.1 Å². The highest BCUT2D eigenvalue weighted by atomic mass is 32.2. The lowest BCUT2D eigenvalue weighted by atomic mass is 10.2. The van der Waals surface area contributed by atoms with Gasteiger partial charge in [0, 0.05) is 9.77 Å². The Morgan fingerprint density at radius 1 is 1.20 bits per heavy atom. The summed E-state index contributed by atoms with van der Waals surface area (Å²) in [4.78, 5) is 37.0. The van der Waals surface area contributed by atoms with E-state index in [1.807, 2.05) is 24.4 Å². The molecule has 1 aromatic carbocycles. The van der Waals surface area contributed by atoms with E-state index in [1.165, 1.54) is 18.7 Å². The summed E-state index contributed by atoms with van der Waals surface area (Å²) >= 11 is 2.83. The van der Waals surface area contributed by atoms with E-state index >= 15 is 0 Å². The number of ketones is 1. The molecule has 0 saturated carbocycles. The first kappa shape index (κ1) is 19.2. The molecule has 0 unspecified atom stereocenters. The standard InChI is InChI=1S/C18H19NO4S2/c1-12(20)11-25-16-7-4-3-6-14(16)18(22)23-10-17(21)19-13(2)15-8-5-9-24-15/h3-9,13H,10-11H2,1-2H3,(H,19,21)/t13-/m1/s1. The summed E-state index contributed by atoms with van der Waals surface area (Å²) < 4.78 is 5.11. The molecule has 1 heterocycles. The number of thioether (sulfide) groups is 1. The Morgan fingerprint density at radius 3 is 2.64 bits per heavy atom. The molecule has 1 N–H and O–H groups in total. The maximum Gasteiger partial charge on any atom is 0.339 e. The summed E-state index contributed by atoms with van der Waals surface area (Å²) in [5.41, 5.74) is 0.354. The lowest BCUT2D eigenvalue weighted by molar-refractivity contribution is -0.124. The molecule has 7 heteroatoms. The molecular formula is C18H19NO4S2. The third-order valence-corrected chi connectivity index (χ3v) is 5.49. The third kappa shape index (κ3) is 6.03. The number of amides is 1. The van der Waals surface area contributed by atoms with E-state index in [9.17, 15) is 14.4 Å². The molecule has 2 aromatic rings. The molecule has 0 spiro atoms. The average Bonchev–Trinajstić information content (AvgIpc) is 3.13. The molecule has 1 atom stereocenters. The maximum absolute atomic E-state index is 12.2. The van der Waals surface area contributed by atoms with Gasteiger partial charge in [-0.15, -0.1) is 23.1 Å². The monoisotopic (exact) mass is 377 g/mol. The number of carbonyl (C=O) groups excluding carboxylic acids is 3. The summed E-state index contributed by atoms with van der Waals surface area (Å²) in [7, 11) is 0. The van der Waals surface area contributed by atoms with Gasteiger partial charge < -0.3 is 10.1 Å². The summed E-state index contributed by atoms with van der Waals surface area (Å²) in [5.74, 6) is -0.632. The maximum atomic E-state index is 12.2. The zero-order valence-corrected chi connectivity index (χ0v) is 15.6. The van der Waals surface area contributed by atoms with Crippen LogP contribution < -0.4 is 5.32 Å². The highest BCUT2D eigenvalue weighted by Crippen LogP contribution is 2.23. The predicted octanol–water partition coefficient (Wildman–Crippen LogP) is 3.46. The van der Waals surface area contributed by atoms with Crippen LogP contribution in [0.15, 0.2) is 46.7 Å². The smallest absolute Gasteiger partial charge is 0.339 e. The zero-order chi connectivity index (χ0) is 18.2. The molecular weight excluding hydrogens is 358 g/mol. The van der Waals surface area contributed by atoms with Crippen molar-refractivity contribution in [2.24, 2.45) is 0 Å². The Labute approximate surface area is 154 Å². The van der Waals surface area contributed by atoms with Gasteiger partial charge in [-0.1, -0.05) is 18.2 Å². The molecule has 0 aliphatic carbocycles. The van der Waals surface area contributed by atoms with Crippen LogP contribution in [0.5, 0.6) is 0 Å². The van der Waals surface area contributed by atoms with E-state index in [0.717, 1.165) is 4.88 Å².